The summed E-state index contributed by atoms with van der Waals surface area (Å²) in [4.78, 5) is 15.8. The molecular weight excluding hydrogens is 272 g/mol. The third-order valence-electron chi connectivity index (χ3n) is 3.23. The van der Waals surface area contributed by atoms with Gasteiger partial charge in [-0.05, 0) is 25.1 Å². The number of aryl methyl sites for hydroxylation is 1. The molecule has 0 radical (unpaired) electrons. The van der Waals surface area contributed by atoms with Crippen LogP contribution in [-0.4, -0.2) is 28.3 Å². The number of pyridine rings is 1. The monoisotopic (exact) mass is 284 g/mol. The molecule has 2 aromatic heterocycles. The summed E-state index contributed by atoms with van der Waals surface area (Å²) in [5.74, 6) is -0.443. The normalized spacial score (nSPS) is 10.8. The zero-order valence-corrected chi connectivity index (χ0v) is 11.5. The van der Waals surface area contributed by atoms with Crippen LogP contribution in [0.15, 0.2) is 34.9 Å². The zero-order chi connectivity index (χ0) is 15.0. The molecular formula is C15H12N2O4. The molecule has 0 unspecified atom stereocenters. The van der Waals surface area contributed by atoms with E-state index in [1.165, 1.54) is 6.07 Å². The number of aromatic carboxylic acids is 1. The zero-order valence-electron chi connectivity index (χ0n) is 11.5. The fourth-order valence-corrected chi connectivity index (χ4v) is 2.26. The topological polar surface area (TPSA) is 85.5 Å². The molecule has 0 aliphatic rings. The first-order chi connectivity index (χ1) is 10.1. The highest BCUT2D eigenvalue weighted by Gasteiger charge is 2.19. The molecule has 6 heteroatoms. The van der Waals surface area contributed by atoms with E-state index in [0.29, 0.717) is 28.1 Å². The Balaban J connectivity index is 2.32. The van der Waals surface area contributed by atoms with E-state index >= 15 is 0 Å². The van der Waals surface area contributed by atoms with Gasteiger partial charge in [-0.15, -0.1) is 0 Å². The average Bonchev–Trinajstić information content (AvgIpc) is 2.87. The van der Waals surface area contributed by atoms with Crippen molar-refractivity contribution in [3.63, 3.8) is 0 Å². The molecule has 1 aromatic carbocycles. The van der Waals surface area contributed by atoms with Crippen LogP contribution in [0.5, 0.6) is 5.75 Å². The second-order valence-corrected chi connectivity index (χ2v) is 4.51. The number of para-hydroxylation sites is 1. The summed E-state index contributed by atoms with van der Waals surface area (Å²) < 4.78 is 10.4. The van der Waals surface area contributed by atoms with Crippen molar-refractivity contribution in [1.29, 1.82) is 0 Å². The Kier molecular flexibility index (Phi) is 3.06. The summed E-state index contributed by atoms with van der Waals surface area (Å²) in [6.45, 7) is 1.68. The molecule has 0 aliphatic carbocycles. The molecule has 2 heterocycles. The van der Waals surface area contributed by atoms with Crippen molar-refractivity contribution in [1.82, 2.24) is 10.1 Å². The number of hydrogen-bond acceptors (Lipinski definition) is 5. The summed E-state index contributed by atoms with van der Waals surface area (Å²) in [7, 11) is 1.55. The van der Waals surface area contributed by atoms with Crippen molar-refractivity contribution in [3.05, 3.63) is 41.6 Å². The van der Waals surface area contributed by atoms with Crippen LogP contribution >= 0.6 is 0 Å². The summed E-state index contributed by atoms with van der Waals surface area (Å²) >= 11 is 0. The van der Waals surface area contributed by atoms with Gasteiger partial charge in [0, 0.05) is 5.56 Å². The van der Waals surface area contributed by atoms with Gasteiger partial charge in [-0.1, -0.05) is 17.3 Å². The van der Waals surface area contributed by atoms with Crippen LogP contribution in [0, 0.1) is 6.92 Å². The van der Waals surface area contributed by atoms with Crippen molar-refractivity contribution in [3.8, 4) is 17.0 Å². The van der Waals surface area contributed by atoms with E-state index in [-0.39, 0.29) is 11.3 Å². The minimum atomic E-state index is -1.05. The molecule has 0 atom stereocenters. The molecule has 3 aromatic rings. The molecule has 0 fully saturated rings. The Morgan fingerprint density at radius 3 is 2.81 bits per heavy atom. The third-order valence-corrected chi connectivity index (χ3v) is 3.23. The predicted octanol–water partition coefficient (Wildman–Crippen LogP) is 2.91. The van der Waals surface area contributed by atoms with Gasteiger partial charge in [0.1, 0.15) is 5.75 Å². The molecule has 21 heavy (non-hydrogen) atoms. The highest BCUT2D eigenvalue weighted by Crippen LogP contribution is 2.32. The first-order valence-electron chi connectivity index (χ1n) is 6.25. The van der Waals surface area contributed by atoms with Crippen LogP contribution in [0.3, 0.4) is 0 Å². The number of nitrogens with zero attached hydrogens (tertiary/aromatic N) is 2. The van der Waals surface area contributed by atoms with Gasteiger partial charge in [0.2, 0.25) is 0 Å². The Hall–Kier alpha value is -2.89. The molecule has 0 amide bonds. The largest absolute Gasteiger partial charge is 0.496 e. The van der Waals surface area contributed by atoms with Gasteiger partial charge < -0.3 is 14.4 Å². The van der Waals surface area contributed by atoms with Crippen LogP contribution in [0.1, 0.15) is 16.1 Å². The second-order valence-electron chi connectivity index (χ2n) is 4.51. The fraction of sp³-hybridized carbons (Fsp3) is 0.133. The maximum atomic E-state index is 11.5. The molecule has 0 bridgehead atoms. The van der Waals surface area contributed by atoms with Gasteiger partial charge in [0.25, 0.3) is 5.71 Å². The number of methoxy groups -OCH3 is 1. The van der Waals surface area contributed by atoms with Gasteiger partial charge in [0.05, 0.1) is 29.4 Å². The number of fused-ring (bicyclic) bond motifs is 1. The molecule has 0 saturated heterocycles. The second kappa shape index (κ2) is 4.90. The quantitative estimate of drug-likeness (QED) is 0.796. The van der Waals surface area contributed by atoms with Gasteiger partial charge in [-0.3, -0.25) is 0 Å². The summed E-state index contributed by atoms with van der Waals surface area (Å²) in [6.07, 6.45) is 0. The minimum Gasteiger partial charge on any atom is -0.496 e. The van der Waals surface area contributed by atoms with Gasteiger partial charge >= 0.3 is 5.97 Å². The first kappa shape index (κ1) is 13.1. The van der Waals surface area contributed by atoms with Crippen LogP contribution < -0.4 is 4.74 Å². The number of carboxylic acids is 1. The van der Waals surface area contributed by atoms with E-state index in [2.05, 4.69) is 10.1 Å². The van der Waals surface area contributed by atoms with Crippen LogP contribution in [0.4, 0.5) is 0 Å². The van der Waals surface area contributed by atoms with Crippen molar-refractivity contribution in [2.75, 3.05) is 7.11 Å². The van der Waals surface area contributed by atoms with Crippen LogP contribution in [-0.2, 0) is 0 Å². The Morgan fingerprint density at radius 1 is 1.33 bits per heavy atom. The first-order valence-corrected chi connectivity index (χ1v) is 6.25. The lowest BCUT2D eigenvalue weighted by atomic mass is 10.1. The third kappa shape index (κ3) is 2.10. The van der Waals surface area contributed by atoms with Gasteiger partial charge in [0.15, 0.2) is 0 Å². The number of carboxylic acid groups (broad SMARTS) is 1. The van der Waals surface area contributed by atoms with E-state index in [1.807, 2.05) is 18.2 Å². The number of carbonyl (C=O) groups is 1. The summed E-state index contributed by atoms with van der Waals surface area (Å²) in [6, 6.07) is 8.76. The number of ether oxygens (including phenoxy) is 1. The lowest BCUT2D eigenvalue weighted by Gasteiger charge is -2.08. The Bertz CT molecular complexity index is 839. The van der Waals surface area contributed by atoms with E-state index in [0.717, 1.165) is 0 Å². The summed E-state index contributed by atoms with van der Waals surface area (Å²) in [5, 5.41) is 13.6. The van der Waals surface area contributed by atoms with Crippen LogP contribution in [0.2, 0.25) is 0 Å². The highest BCUT2D eigenvalue weighted by molar-refractivity contribution is 6.03. The Labute approximate surface area is 120 Å². The lowest BCUT2D eigenvalue weighted by Crippen LogP contribution is -2.00. The van der Waals surface area contributed by atoms with Crippen molar-refractivity contribution in [2.45, 2.75) is 6.92 Å². The predicted molar refractivity (Wildman–Crippen MR) is 75.5 cm³/mol. The maximum Gasteiger partial charge on any atom is 0.336 e. The molecule has 6 nitrogen and oxygen atoms in total. The van der Waals surface area contributed by atoms with E-state index in [4.69, 9.17) is 9.26 Å². The number of hydrogen-bond donors (Lipinski definition) is 1. The Morgan fingerprint density at radius 2 is 2.10 bits per heavy atom. The molecule has 3 rings (SSSR count). The van der Waals surface area contributed by atoms with E-state index in [1.54, 1.807) is 20.1 Å². The summed E-state index contributed by atoms with van der Waals surface area (Å²) in [5.41, 5.74) is 1.97. The molecule has 1 N–H and O–H groups in total. The standard InChI is InChI=1S/C15H12N2O4/c1-8-13-10(15(18)19)7-11(16-14(13)21-17-8)9-5-3-4-6-12(9)20-2/h3-7H,1-2H3,(H,18,19). The molecule has 106 valence electrons. The SMILES string of the molecule is COc1ccccc1-c1cc(C(=O)O)c2c(C)noc2n1. The number of benzene rings is 1. The lowest BCUT2D eigenvalue weighted by molar-refractivity contribution is 0.0699. The highest BCUT2D eigenvalue weighted by atomic mass is 16.5. The number of aromatic nitrogens is 2. The van der Waals surface area contributed by atoms with Gasteiger partial charge in [-0.2, -0.15) is 0 Å². The molecule has 0 spiro atoms. The maximum absolute atomic E-state index is 11.5. The fourth-order valence-electron chi connectivity index (χ4n) is 2.26. The minimum absolute atomic E-state index is 0.111. The van der Waals surface area contributed by atoms with Crippen LogP contribution in [0.25, 0.3) is 22.4 Å². The molecule has 0 saturated carbocycles. The number of rotatable bonds is 3. The van der Waals surface area contributed by atoms with Crippen molar-refractivity contribution < 1.29 is 19.2 Å². The van der Waals surface area contributed by atoms with Gasteiger partial charge in [-0.25, -0.2) is 9.78 Å². The van der Waals surface area contributed by atoms with E-state index in [9.17, 15) is 9.90 Å². The van der Waals surface area contributed by atoms with E-state index < -0.39 is 5.97 Å². The molecule has 0 aliphatic heterocycles. The average molecular weight is 284 g/mol. The van der Waals surface area contributed by atoms with Crippen molar-refractivity contribution >= 4 is 17.1 Å². The van der Waals surface area contributed by atoms with Crippen molar-refractivity contribution in [2.24, 2.45) is 0 Å². The smallest absolute Gasteiger partial charge is 0.336 e.